The van der Waals surface area contributed by atoms with E-state index < -0.39 is 0 Å². The number of phenolic OH excluding ortho intramolecular Hbond substituents is 1. The van der Waals surface area contributed by atoms with E-state index in [2.05, 4.69) is 42.9 Å². The van der Waals surface area contributed by atoms with Crippen LogP contribution in [0, 0.1) is 19.3 Å². The molecule has 1 aliphatic carbocycles. The second-order valence-electron chi connectivity index (χ2n) is 8.50. The highest BCUT2D eigenvalue weighted by molar-refractivity contribution is 5.79. The van der Waals surface area contributed by atoms with Crippen molar-refractivity contribution >= 4 is 5.91 Å². The molecule has 0 radical (unpaired) electrons. The van der Waals surface area contributed by atoms with Gasteiger partial charge in [0.2, 0.25) is 5.91 Å². The van der Waals surface area contributed by atoms with E-state index in [1.54, 1.807) is 0 Å². The Morgan fingerprint density at radius 3 is 2.52 bits per heavy atom. The largest absolute Gasteiger partial charge is 0.507 e. The smallest absolute Gasteiger partial charge is 0.234 e. The van der Waals surface area contributed by atoms with Crippen molar-refractivity contribution in [3.63, 3.8) is 0 Å². The van der Waals surface area contributed by atoms with Gasteiger partial charge < -0.3 is 15.3 Å². The van der Waals surface area contributed by atoms with Gasteiger partial charge in [0.1, 0.15) is 5.75 Å². The maximum atomic E-state index is 12.7. The Kier molecular flexibility index (Phi) is 4.82. The van der Waals surface area contributed by atoms with Crippen LogP contribution in [0.15, 0.2) is 6.07 Å². The number of hydrogen-bond donors (Lipinski definition) is 2. The molecular weight excluding hydrogens is 314 g/mol. The van der Waals surface area contributed by atoms with E-state index in [9.17, 15) is 9.90 Å². The van der Waals surface area contributed by atoms with Gasteiger partial charge in [0.25, 0.3) is 0 Å². The SMILES string of the molecule is Cc1cc(C)c2c(c1O)C(NC(=O)CN1CCN(C)CC1)C(C)(C)C2. The highest BCUT2D eigenvalue weighted by atomic mass is 16.3. The number of amides is 1. The quantitative estimate of drug-likeness (QED) is 0.880. The predicted octanol–water partition coefficient (Wildman–Crippen LogP) is 2.00. The summed E-state index contributed by atoms with van der Waals surface area (Å²) in [7, 11) is 2.11. The lowest BCUT2D eigenvalue weighted by Gasteiger charge is -2.33. The number of fused-ring (bicyclic) bond motifs is 1. The molecule has 2 aliphatic rings. The summed E-state index contributed by atoms with van der Waals surface area (Å²) < 4.78 is 0. The normalized spacial score (nSPS) is 23.5. The van der Waals surface area contributed by atoms with Crippen molar-refractivity contribution in [1.29, 1.82) is 0 Å². The van der Waals surface area contributed by atoms with Crippen LogP contribution in [0.4, 0.5) is 0 Å². The van der Waals surface area contributed by atoms with Crippen LogP contribution >= 0.6 is 0 Å². The van der Waals surface area contributed by atoms with Crippen LogP contribution in [-0.4, -0.2) is 60.6 Å². The van der Waals surface area contributed by atoms with Gasteiger partial charge >= 0.3 is 0 Å². The van der Waals surface area contributed by atoms with E-state index in [1.165, 1.54) is 11.1 Å². The molecule has 1 amide bonds. The lowest BCUT2D eigenvalue weighted by molar-refractivity contribution is -0.124. The zero-order valence-corrected chi connectivity index (χ0v) is 16.1. The lowest BCUT2D eigenvalue weighted by Crippen LogP contribution is -2.49. The molecule has 0 saturated carbocycles. The van der Waals surface area contributed by atoms with Gasteiger partial charge in [-0.3, -0.25) is 9.69 Å². The minimum Gasteiger partial charge on any atom is -0.507 e. The van der Waals surface area contributed by atoms with Crippen LogP contribution in [0.2, 0.25) is 0 Å². The van der Waals surface area contributed by atoms with Gasteiger partial charge in [0.05, 0.1) is 12.6 Å². The number of carbonyl (C=O) groups is 1. The number of likely N-dealkylation sites (N-methyl/N-ethyl adjacent to an activating group) is 1. The Labute approximate surface area is 151 Å². The first-order chi connectivity index (χ1) is 11.7. The molecule has 0 aromatic heterocycles. The number of aromatic hydroxyl groups is 1. The predicted molar refractivity (Wildman–Crippen MR) is 99.9 cm³/mol. The summed E-state index contributed by atoms with van der Waals surface area (Å²) in [4.78, 5) is 17.2. The average molecular weight is 345 g/mol. The fourth-order valence-corrected chi connectivity index (χ4v) is 4.23. The Balaban J connectivity index is 1.77. The van der Waals surface area contributed by atoms with Crippen LogP contribution < -0.4 is 5.32 Å². The van der Waals surface area contributed by atoms with Gasteiger partial charge in [0.15, 0.2) is 0 Å². The third kappa shape index (κ3) is 3.53. The zero-order chi connectivity index (χ0) is 18.4. The minimum absolute atomic E-state index is 0.0500. The summed E-state index contributed by atoms with van der Waals surface area (Å²) in [5.41, 5.74) is 4.10. The van der Waals surface area contributed by atoms with Crippen molar-refractivity contribution in [1.82, 2.24) is 15.1 Å². The van der Waals surface area contributed by atoms with Crippen LogP contribution in [-0.2, 0) is 11.2 Å². The number of nitrogens with zero attached hydrogens (tertiary/aromatic N) is 2. The van der Waals surface area contributed by atoms with Gasteiger partial charge in [-0.05, 0) is 49.4 Å². The number of benzene rings is 1. The van der Waals surface area contributed by atoms with Crippen molar-refractivity contribution in [3.8, 4) is 5.75 Å². The van der Waals surface area contributed by atoms with Crippen molar-refractivity contribution < 1.29 is 9.90 Å². The monoisotopic (exact) mass is 345 g/mol. The van der Waals surface area contributed by atoms with Crippen LogP contribution in [0.3, 0.4) is 0 Å². The van der Waals surface area contributed by atoms with Crippen molar-refractivity contribution in [2.24, 2.45) is 5.41 Å². The fourth-order valence-electron chi connectivity index (χ4n) is 4.23. The van der Waals surface area contributed by atoms with Crippen molar-refractivity contribution in [3.05, 3.63) is 28.3 Å². The molecule has 138 valence electrons. The number of hydrogen-bond acceptors (Lipinski definition) is 4. The maximum absolute atomic E-state index is 12.7. The molecule has 5 heteroatoms. The fraction of sp³-hybridized carbons (Fsp3) is 0.650. The first-order valence-electron chi connectivity index (χ1n) is 9.21. The molecule has 5 nitrogen and oxygen atoms in total. The first-order valence-corrected chi connectivity index (χ1v) is 9.21. The highest BCUT2D eigenvalue weighted by Crippen LogP contribution is 2.50. The average Bonchev–Trinajstić information content (AvgIpc) is 2.79. The Bertz CT molecular complexity index is 676. The molecule has 3 rings (SSSR count). The number of nitrogens with one attached hydrogen (secondary N) is 1. The van der Waals surface area contributed by atoms with Crippen LogP contribution in [0.25, 0.3) is 0 Å². The van der Waals surface area contributed by atoms with E-state index in [0.29, 0.717) is 12.3 Å². The molecule has 1 atom stereocenters. The molecule has 2 N–H and O–H groups in total. The molecule has 1 saturated heterocycles. The summed E-state index contributed by atoms with van der Waals surface area (Å²) in [6, 6.07) is 1.90. The Morgan fingerprint density at radius 1 is 1.24 bits per heavy atom. The summed E-state index contributed by atoms with van der Waals surface area (Å²) >= 11 is 0. The van der Waals surface area contributed by atoms with Crippen LogP contribution in [0.1, 0.15) is 42.1 Å². The van der Waals surface area contributed by atoms with Crippen LogP contribution in [0.5, 0.6) is 5.75 Å². The zero-order valence-electron chi connectivity index (χ0n) is 16.1. The Morgan fingerprint density at radius 2 is 1.88 bits per heavy atom. The second kappa shape index (κ2) is 6.61. The van der Waals surface area contributed by atoms with E-state index in [-0.39, 0.29) is 17.4 Å². The first kappa shape index (κ1) is 18.2. The molecule has 0 spiro atoms. The van der Waals surface area contributed by atoms with Gasteiger partial charge in [-0.1, -0.05) is 19.9 Å². The standard InChI is InChI=1S/C20H31N3O2/c1-13-10-14(2)18(25)17-15(13)11-20(3,4)19(17)21-16(24)12-23-8-6-22(5)7-9-23/h10,19,25H,6-9,11-12H2,1-5H3,(H,21,24). The van der Waals surface area contributed by atoms with E-state index >= 15 is 0 Å². The minimum atomic E-state index is -0.138. The number of carbonyl (C=O) groups excluding carboxylic acids is 1. The summed E-state index contributed by atoms with van der Waals surface area (Å²) in [5.74, 6) is 0.394. The van der Waals surface area contributed by atoms with E-state index in [1.807, 2.05) is 13.0 Å². The highest BCUT2D eigenvalue weighted by Gasteiger charge is 2.42. The molecule has 1 heterocycles. The molecule has 1 unspecified atom stereocenters. The maximum Gasteiger partial charge on any atom is 0.234 e. The summed E-state index contributed by atoms with van der Waals surface area (Å²) in [6.07, 6.45) is 0.876. The molecule has 25 heavy (non-hydrogen) atoms. The molecule has 0 bridgehead atoms. The topological polar surface area (TPSA) is 55.8 Å². The summed E-state index contributed by atoms with van der Waals surface area (Å²) in [5, 5.41) is 13.9. The summed E-state index contributed by atoms with van der Waals surface area (Å²) in [6.45, 7) is 12.7. The van der Waals surface area contributed by atoms with Gasteiger partial charge in [-0.25, -0.2) is 0 Å². The van der Waals surface area contributed by atoms with Crippen molar-refractivity contribution in [2.75, 3.05) is 39.8 Å². The van der Waals surface area contributed by atoms with Gasteiger partial charge in [-0.2, -0.15) is 0 Å². The second-order valence-corrected chi connectivity index (χ2v) is 8.50. The van der Waals surface area contributed by atoms with E-state index in [0.717, 1.165) is 43.7 Å². The molecular formula is C20H31N3O2. The Hall–Kier alpha value is -1.59. The molecule has 1 aliphatic heterocycles. The van der Waals surface area contributed by atoms with Gasteiger partial charge in [-0.15, -0.1) is 0 Å². The van der Waals surface area contributed by atoms with E-state index in [4.69, 9.17) is 0 Å². The molecule has 1 aromatic rings. The third-order valence-corrected chi connectivity index (χ3v) is 5.83. The van der Waals surface area contributed by atoms with Gasteiger partial charge in [0, 0.05) is 31.7 Å². The number of aryl methyl sites for hydroxylation is 2. The molecule has 1 aromatic carbocycles. The number of piperazine rings is 1. The number of rotatable bonds is 3. The third-order valence-electron chi connectivity index (χ3n) is 5.83. The lowest BCUT2D eigenvalue weighted by atomic mass is 9.85. The number of phenols is 1. The molecule has 1 fully saturated rings. The van der Waals surface area contributed by atoms with Crippen molar-refractivity contribution in [2.45, 2.75) is 40.2 Å².